The van der Waals surface area contributed by atoms with Gasteiger partial charge in [0.25, 0.3) is 5.91 Å². The van der Waals surface area contributed by atoms with Crippen LogP contribution in [-0.2, 0) is 17.8 Å². The largest absolute Gasteiger partial charge is 0.496 e. The molecule has 0 saturated carbocycles. The summed E-state index contributed by atoms with van der Waals surface area (Å²) < 4.78 is 11.1. The average Bonchev–Trinajstić information content (AvgIpc) is 3.28. The van der Waals surface area contributed by atoms with Gasteiger partial charge in [-0.2, -0.15) is 0 Å². The van der Waals surface area contributed by atoms with Crippen molar-refractivity contribution in [3.63, 3.8) is 0 Å². The van der Waals surface area contributed by atoms with Gasteiger partial charge in [0.15, 0.2) is 5.76 Å². The van der Waals surface area contributed by atoms with Gasteiger partial charge in [0.1, 0.15) is 17.8 Å². The molecule has 0 spiro atoms. The molecule has 1 atom stereocenters. The van der Waals surface area contributed by atoms with Crippen LogP contribution >= 0.6 is 0 Å². The molecular formula is C22H21N3O4. The number of nitrogens with one attached hydrogen (secondary N) is 1. The van der Waals surface area contributed by atoms with E-state index >= 15 is 0 Å². The molecule has 0 bridgehead atoms. The van der Waals surface area contributed by atoms with Crippen LogP contribution in [0.5, 0.6) is 5.75 Å². The van der Waals surface area contributed by atoms with E-state index < -0.39 is 11.6 Å². The van der Waals surface area contributed by atoms with Crippen molar-refractivity contribution in [1.82, 2.24) is 15.2 Å². The first-order chi connectivity index (χ1) is 14.0. The molecule has 2 heterocycles. The standard InChI is InChI=1S/C22H21N3O4/c1-22(12-16-10-6-7-11-17(16)28-2)20(26)25(21(27)24-22)14-19-23-13-18(29-19)15-8-4-3-5-9-15/h3-11,13H,12,14H2,1-2H3,(H,24,27)/t22-/m1/s1. The fourth-order valence-electron chi connectivity index (χ4n) is 3.49. The summed E-state index contributed by atoms with van der Waals surface area (Å²) in [6.07, 6.45) is 1.91. The lowest BCUT2D eigenvalue weighted by Gasteiger charge is -2.22. The van der Waals surface area contributed by atoms with E-state index in [2.05, 4.69) is 10.3 Å². The molecule has 1 saturated heterocycles. The quantitative estimate of drug-likeness (QED) is 0.651. The highest BCUT2D eigenvalue weighted by Crippen LogP contribution is 2.28. The predicted octanol–water partition coefficient (Wildman–Crippen LogP) is 3.40. The fourth-order valence-corrected chi connectivity index (χ4v) is 3.49. The third-order valence-corrected chi connectivity index (χ3v) is 4.99. The van der Waals surface area contributed by atoms with Crippen LogP contribution < -0.4 is 10.1 Å². The Morgan fingerprint density at radius 2 is 1.83 bits per heavy atom. The van der Waals surface area contributed by atoms with Crippen LogP contribution in [0.25, 0.3) is 11.3 Å². The van der Waals surface area contributed by atoms with Gasteiger partial charge in [-0.3, -0.25) is 9.69 Å². The zero-order valence-corrected chi connectivity index (χ0v) is 16.2. The van der Waals surface area contributed by atoms with Gasteiger partial charge in [-0.05, 0) is 18.6 Å². The number of para-hydroxylation sites is 1. The third-order valence-electron chi connectivity index (χ3n) is 4.99. The molecule has 1 N–H and O–H groups in total. The number of rotatable bonds is 6. The SMILES string of the molecule is COc1ccccc1C[C@@]1(C)NC(=O)N(Cc2ncc(-c3ccccc3)o2)C1=O. The molecule has 2 aromatic carbocycles. The Kier molecular flexibility index (Phi) is 4.80. The minimum atomic E-state index is -1.07. The van der Waals surface area contributed by atoms with Crippen LogP contribution in [0.2, 0.25) is 0 Å². The van der Waals surface area contributed by atoms with Gasteiger partial charge in [-0.15, -0.1) is 0 Å². The second-order valence-corrected chi connectivity index (χ2v) is 7.13. The number of hydrogen-bond donors (Lipinski definition) is 1. The monoisotopic (exact) mass is 391 g/mol. The molecule has 3 amide bonds. The minimum absolute atomic E-state index is 0.0288. The van der Waals surface area contributed by atoms with Crippen LogP contribution in [0.3, 0.4) is 0 Å². The lowest BCUT2D eigenvalue weighted by molar-refractivity contribution is -0.131. The Hall–Kier alpha value is -3.61. The maximum absolute atomic E-state index is 13.1. The summed E-state index contributed by atoms with van der Waals surface area (Å²) in [5.41, 5.74) is 0.653. The van der Waals surface area contributed by atoms with Gasteiger partial charge in [0.2, 0.25) is 5.89 Å². The Balaban J connectivity index is 1.52. The van der Waals surface area contributed by atoms with E-state index in [0.717, 1.165) is 16.0 Å². The van der Waals surface area contributed by atoms with E-state index in [1.54, 1.807) is 20.2 Å². The average molecular weight is 391 g/mol. The molecule has 1 fully saturated rings. The van der Waals surface area contributed by atoms with Crippen molar-refractivity contribution in [2.75, 3.05) is 7.11 Å². The fraction of sp³-hybridized carbons (Fsp3) is 0.227. The first-order valence-electron chi connectivity index (χ1n) is 9.26. The molecular weight excluding hydrogens is 370 g/mol. The molecule has 7 nitrogen and oxygen atoms in total. The summed E-state index contributed by atoms with van der Waals surface area (Å²) in [4.78, 5) is 30.9. The first kappa shape index (κ1) is 18.7. The van der Waals surface area contributed by atoms with Gasteiger partial charge in [0, 0.05) is 12.0 Å². The molecule has 0 radical (unpaired) electrons. The number of ether oxygens (including phenoxy) is 1. The van der Waals surface area contributed by atoms with Crippen molar-refractivity contribution in [3.8, 4) is 17.1 Å². The minimum Gasteiger partial charge on any atom is -0.496 e. The lowest BCUT2D eigenvalue weighted by atomic mass is 9.92. The molecule has 3 aromatic rings. The zero-order valence-electron chi connectivity index (χ0n) is 16.2. The summed E-state index contributed by atoms with van der Waals surface area (Å²) in [6.45, 7) is 1.68. The number of imide groups is 1. The van der Waals surface area contributed by atoms with Crippen LogP contribution in [-0.4, -0.2) is 34.5 Å². The van der Waals surface area contributed by atoms with Crippen LogP contribution in [0.1, 0.15) is 18.4 Å². The second-order valence-electron chi connectivity index (χ2n) is 7.13. The van der Waals surface area contributed by atoms with Crippen LogP contribution in [0.4, 0.5) is 4.79 Å². The Labute approximate surface area is 168 Å². The summed E-state index contributed by atoms with van der Waals surface area (Å²) in [7, 11) is 1.58. The lowest BCUT2D eigenvalue weighted by Crippen LogP contribution is -2.46. The maximum atomic E-state index is 13.1. The number of carbonyl (C=O) groups is 2. The van der Waals surface area contributed by atoms with E-state index in [-0.39, 0.29) is 12.5 Å². The van der Waals surface area contributed by atoms with E-state index in [0.29, 0.717) is 23.8 Å². The van der Waals surface area contributed by atoms with E-state index in [9.17, 15) is 9.59 Å². The highest BCUT2D eigenvalue weighted by atomic mass is 16.5. The Morgan fingerprint density at radius 3 is 2.59 bits per heavy atom. The van der Waals surface area contributed by atoms with Crippen molar-refractivity contribution in [2.45, 2.75) is 25.4 Å². The molecule has 4 rings (SSSR count). The van der Waals surface area contributed by atoms with Gasteiger partial charge in [0.05, 0.1) is 13.3 Å². The maximum Gasteiger partial charge on any atom is 0.325 e. The molecule has 1 aliphatic rings. The van der Waals surface area contributed by atoms with Gasteiger partial charge < -0.3 is 14.5 Å². The second kappa shape index (κ2) is 7.43. The zero-order chi connectivity index (χ0) is 20.4. The number of benzene rings is 2. The Bertz CT molecular complexity index is 1050. The number of methoxy groups -OCH3 is 1. The number of nitrogens with zero attached hydrogens (tertiary/aromatic N) is 2. The van der Waals surface area contributed by atoms with Crippen molar-refractivity contribution in [3.05, 3.63) is 72.2 Å². The van der Waals surface area contributed by atoms with Gasteiger partial charge >= 0.3 is 6.03 Å². The normalized spacial score (nSPS) is 18.8. The molecule has 0 aliphatic carbocycles. The highest BCUT2D eigenvalue weighted by molar-refractivity contribution is 6.06. The predicted molar refractivity (Wildman–Crippen MR) is 106 cm³/mol. The van der Waals surface area contributed by atoms with Gasteiger partial charge in [-0.25, -0.2) is 9.78 Å². The topological polar surface area (TPSA) is 84.7 Å². The summed E-state index contributed by atoms with van der Waals surface area (Å²) >= 11 is 0. The van der Waals surface area contributed by atoms with E-state index in [4.69, 9.17) is 9.15 Å². The third kappa shape index (κ3) is 3.59. The molecule has 29 heavy (non-hydrogen) atoms. The van der Waals surface area contributed by atoms with E-state index in [1.165, 1.54) is 0 Å². The summed E-state index contributed by atoms with van der Waals surface area (Å²) in [6, 6.07) is 16.5. The summed E-state index contributed by atoms with van der Waals surface area (Å²) in [5, 5.41) is 2.80. The van der Waals surface area contributed by atoms with Crippen molar-refractivity contribution >= 4 is 11.9 Å². The van der Waals surface area contributed by atoms with Gasteiger partial charge in [-0.1, -0.05) is 48.5 Å². The van der Waals surface area contributed by atoms with Crippen molar-refractivity contribution in [2.24, 2.45) is 0 Å². The molecule has 1 aromatic heterocycles. The Morgan fingerprint density at radius 1 is 1.10 bits per heavy atom. The molecule has 148 valence electrons. The van der Waals surface area contributed by atoms with Crippen molar-refractivity contribution in [1.29, 1.82) is 0 Å². The number of oxazole rings is 1. The first-order valence-corrected chi connectivity index (χ1v) is 9.26. The van der Waals surface area contributed by atoms with E-state index in [1.807, 2.05) is 54.6 Å². The molecule has 0 unspecified atom stereocenters. The number of carbonyl (C=O) groups excluding carboxylic acids is 2. The molecule has 1 aliphatic heterocycles. The highest BCUT2D eigenvalue weighted by Gasteiger charge is 2.48. The molecule has 7 heteroatoms. The smallest absolute Gasteiger partial charge is 0.325 e. The van der Waals surface area contributed by atoms with Crippen molar-refractivity contribution < 1.29 is 18.7 Å². The number of aromatic nitrogens is 1. The number of hydrogen-bond acceptors (Lipinski definition) is 5. The summed E-state index contributed by atoms with van der Waals surface area (Å²) in [5.74, 6) is 1.24. The number of amides is 3. The van der Waals surface area contributed by atoms with Crippen LogP contribution in [0, 0.1) is 0 Å². The number of urea groups is 1. The van der Waals surface area contributed by atoms with Crippen LogP contribution in [0.15, 0.2) is 65.2 Å².